The lowest BCUT2D eigenvalue weighted by atomic mass is 10.2. The maximum atomic E-state index is 5.64. The molecule has 1 saturated heterocycles. The molecule has 0 aliphatic carbocycles. The number of rotatable bonds is 5. The third kappa shape index (κ3) is 3.65. The summed E-state index contributed by atoms with van der Waals surface area (Å²) in [5.41, 5.74) is 2.54. The molecule has 0 unspecified atom stereocenters. The minimum absolute atomic E-state index is 0.866. The summed E-state index contributed by atoms with van der Waals surface area (Å²) < 4.78 is 5.64. The summed E-state index contributed by atoms with van der Waals surface area (Å²) in [6.45, 7) is 6.09. The molecule has 3 rings (SSSR count). The highest BCUT2D eigenvalue weighted by Crippen LogP contribution is 2.17. The lowest BCUT2D eigenvalue weighted by Crippen LogP contribution is -2.45. The molecule has 1 fully saturated rings. The summed E-state index contributed by atoms with van der Waals surface area (Å²) in [7, 11) is 1.95. The Morgan fingerprint density at radius 1 is 1.10 bits per heavy atom. The van der Waals surface area contributed by atoms with Crippen LogP contribution >= 0.6 is 0 Å². The fourth-order valence-electron chi connectivity index (χ4n) is 2.83. The molecule has 0 amide bonds. The molecule has 1 aromatic carbocycles. The maximum Gasteiger partial charge on any atom is 0.118 e. The number of piperazine rings is 1. The van der Waals surface area contributed by atoms with Gasteiger partial charge in [0.15, 0.2) is 0 Å². The lowest BCUT2D eigenvalue weighted by molar-refractivity contribution is 0.230. The van der Waals surface area contributed by atoms with E-state index in [1.807, 2.05) is 13.3 Å². The highest BCUT2D eigenvalue weighted by Gasteiger charge is 2.18. The smallest absolute Gasteiger partial charge is 0.118 e. The second-order valence-electron chi connectivity index (χ2n) is 5.55. The molecule has 2 heterocycles. The molecule has 4 nitrogen and oxygen atoms in total. The number of hydrogen-bond donors (Lipinski definition) is 1. The predicted molar refractivity (Wildman–Crippen MR) is 85.4 cm³/mol. The van der Waals surface area contributed by atoms with Crippen LogP contribution in [0.25, 0.3) is 0 Å². The Morgan fingerprint density at radius 3 is 2.57 bits per heavy atom. The third-order valence-electron chi connectivity index (χ3n) is 3.96. The van der Waals surface area contributed by atoms with E-state index in [0.717, 1.165) is 45.0 Å². The van der Waals surface area contributed by atoms with E-state index in [2.05, 4.69) is 51.5 Å². The van der Waals surface area contributed by atoms with Gasteiger partial charge in [0.1, 0.15) is 5.76 Å². The highest BCUT2D eigenvalue weighted by molar-refractivity contribution is 5.46. The van der Waals surface area contributed by atoms with Gasteiger partial charge in [-0.2, -0.15) is 0 Å². The number of benzene rings is 1. The van der Waals surface area contributed by atoms with Crippen LogP contribution in [0, 0.1) is 0 Å². The topological polar surface area (TPSA) is 31.7 Å². The quantitative estimate of drug-likeness (QED) is 0.913. The summed E-state index contributed by atoms with van der Waals surface area (Å²) in [5, 5.41) is 3.14. The fourth-order valence-corrected chi connectivity index (χ4v) is 2.83. The Morgan fingerprint density at radius 2 is 1.86 bits per heavy atom. The zero-order chi connectivity index (χ0) is 14.5. The maximum absolute atomic E-state index is 5.64. The van der Waals surface area contributed by atoms with Crippen molar-refractivity contribution in [2.45, 2.75) is 13.1 Å². The van der Waals surface area contributed by atoms with E-state index in [0.29, 0.717) is 0 Å². The number of anilines is 1. The lowest BCUT2D eigenvalue weighted by Gasteiger charge is -2.35. The van der Waals surface area contributed by atoms with Gasteiger partial charge in [-0.05, 0) is 25.2 Å². The Hall–Kier alpha value is -1.78. The summed E-state index contributed by atoms with van der Waals surface area (Å²) in [6, 6.07) is 12.8. The van der Waals surface area contributed by atoms with Crippen molar-refractivity contribution < 1.29 is 4.42 Å². The van der Waals surface area contributed by atoms with Gasteiger partial charge in [-0.15, -0.1) is 0 Å². The first-order valence-electron chi connectivity index (χ1n) is 7.58. The van der Waals surface area contributed by atoms with Gasteiger partial charge < -0.3 is 14.6 Å². The van der Waals surface area contributed by atoms with E-state index in [1.165, 1.54) is 11.3 Å². The van der Waals surface area contributed by atoms with E-state index in [4.69, 9.17) is 4.42 Å². The zero-order valence-corrected chi connectivity index (χ0v) is 12.6. The number of hydrogen-bond acceptors (Lipinski definition) is 4. The van der Waals surface area contributed by atoms with Crippen LogP contribution in [0.1, 0.15) is 11.3 Å². The molecular weight excluding hydrogens is 262 g/mol. The van der Waals surface area contributed by atoms with Crippen molar-refractivity contribution in [3.63, 3.8) is 0 Å². The Balaban J connectivity index is 1.51. The Kier molecular flexibility index (Phi) is 4.58. The van der Waals surface area contributed by atoms with Crippen LogP contribution in [0.2, 0.25) is 0 Å². The van der Waals surface area contributed by atoms with Gasteiger partial charge in [0, 0.05) is 44.0 Å². The SMILES string of the molecule is CNCc1coc(CN2CCN(c3ccccc3)CC2)c1. The van der Waals surface area contributed by atoms with Crippen LogP contribution in [0.4, 0.5) is 5.69 Å². The van der Waals surface area contributed by atoms with Crippen LogP contribution in [0.3, 0.4) is 0 Å². The zero-order valence-electron chi connectivity index (χ0n) is 12.6. The number of nitrogens with zero attached hydrogens (tertiary/aromatic N) is 2. The van der Waals surface area contributed by atoms with E-state index in [9.17, 15) is 0 Å². The molecule has 2 aromatic rings. The summed E-state index contributed by atoms with van der Waals surface area (Å²) in [5.74, 6) is 1.06. The molecular formula is C17H23N3O. The highest BCUT2D eigenvalue weighted by atomic mass is 16.3. The summed E-state index contributed by atoms with van der Waals surface area (Å²) in [6.07, 6.45) is 1.85. The van der Waals surface area contributed by atoms with Crippen molar-refractivity contribution in [3.05, 3.63) is 54.0 Å². The molecule has 1 aliphatic heterocycles. The first-order chi connectivity index (χ1) is 10.3. The minimum atomic E-state index is 0.866. The van der Waals surface area contributed by atoms with Crippen LogP contribution in [0.5, 0.6) is 0 Å². The molecule has 1 aromatic heterocycles. The van der Waals surface area contributed by atoms with Crippen LogP contribution in [-0.4, -0.2) is 38.1 Å². The molecule has 0 atom stereocenters. The second-order valence-corrected chi connectivity index (χ2v) is 5.55. The predicted octanol–water partition coefficient (Wildman–Crippen LogP) is 2.32. The molecule has 0 radical (unpaired) electrons. The van der Waals surface area contributed by atoms with Crippen molar-refractivity contribution >= 4 is 5.69 Å². The Bertz CT molecular complexity index is 544. The van der Waals surface area contributed by atoms with Crippen molar-refractivity contribution in [2.24, 2.45) is 0 Å². The van der Waals surface area contributed by atoms with Crippen molar-refractivity contribution in [1.29, 1.82) is 0 Å². The summed E-state index contributed by atoms with van der Waals surface area (Å²) >= 11 is 0. The second kappa shape index (κ2) is 6.78. The first-order valence-corrected chi connectivity index (χ1v) is 7.58. The van der Waals surface area contributed by atoms with E-state index in [-0.39, 0.29) is 0 Å². The van der Waals surface area contributed by atoms with E-state index in [1.54, 1.807) is 0 Å². The molecule has 1 aliphatic rings. The largest absolute Gasteiger partial charge is 0.468 e. The van der Waals surface area contributed by atoms with E-state index < -0.39 is 0 Å². The minimum Gasteiger partial charge on any atom is -0.468 e. The molecule has 0 spiro atoms. The average molecular weight is 285 g/mol. The average Bonchev–Trinajstić information content (AvgIpc) is 2.97. The number of para-hydroxylation sites is 1. The van der Waals surface area contributed by atoms with Crippen LogP contribution in [0.15, 0.2) is 47.1 Å². The van der Waals surface area contributed by atoms with Gasteiger partial charge in [0.25, 0.3) is 0 Å². The molecule has 21 heavy (non-hydrogen) atoms. The van der Waals surface area contributed by atoms with Crippen molar-refractivity contribution in [2.75, 3.05) is 38.1 Å². The monoisotopic (exact) mass is 285 g/mol. The fraction of sp³-hybridized carbons (Fsp3) is 0.412. The van der Waals surface area contributed by atoms with Gasteiger partial charge in [0.05, 0.1) is 12.8 Å². The van der Waals surface area contributed by atoms with Crippen molar-refractivity contribution in [3.8, 4) is 0 Å². The molecule has 4 heteroatoms. The molecule has 1 N–H and O–H groups in total. The van der Waals surface area contributed by atoms with Gasteiger partial charge >= 0.3 is 0 Å². The van der Waals surface area contributed by atoms with E-state index >= 15 is 0 Å². The molecule has 0 saturated carbocycles. The van der Waals surface area contributed by atoms with Gasteiger partial charge in [-0.25, -0.2) is 0 Å². The molecule has 112 valence electrons. The van der Waals surface area contributed by atoms with Crippen molar-refractivity contribution in [1.82, 2.24) is 10.2 Å². The molecule has 0 bridgehead atoms. The Labute approximate surface area is 126 Å². The van der Waals surface area contributed by atoms with Crippen LogP contribution < -0.4 is 10.2 Å². The summed E-state index contributed by atoms with van der Waals surface area (Å²) in [4.78, 5) is 4.91. The third-order valence-corrected chi connectivity index (χ3v) is 3.96. The number of furan rings is 1. The number of nitrogens with one attached hydrogen (secondary N) is 1. The van der Waals surface area contributed by atoms with Gasteiger partial charge in [0.2, 0.25) is 0 Å². The first kappa shape index (κ1) is 14.2. The van der Waals surface area contributed by atoms with Gasteiger partial charge in [-0.1, -0.05) is 18.2 Å². The van der Waals surface area contributed by atoms with Crippen LogP contribution in [-0.2, 0) is 13.1 Å². The standard InChI is InChI=1S/C17H23N3O/c1-18-12-15-11-17(21-14-15)13-19-7-9-20(10-8-19)16-5-3-2-4-6-16/h2-6,11,14,18H,7-10,12-13H2,1H3. The normalized spacial score (nSPS) is 16.3. The van der Waals surface area contributed by atoms with Gasteiger partial charge in [-0.3, -0.25) is 4.90 Å².